The highest BCUT2D eigenvalue weighted by molar-refractivity contribution is 5.83. The van der Waals surface area contributed by atoms with Gasteiger partial charge in [0.05, 0.1) is 74.6 Å². The molecular formula is C81H98N6O27. The topological polar surface area (TPSA) is 411 Å². The number of nitrogens with one attached hydrogen (secondary N) is 6. The zero-order valence-corrected chi connectivity index (χ0v) is 64.9. The summed E-state index contributed by atoms with van der Waals surface area (Å²) in [5.74, 6) is -3.26. The lowest BCUT2D eigenvalue weighted by molar-refractivity contribution is -0.282. The smallest absolute Gasteiger partial charge is 0.408 e. The monoisotopic (exact) mass is 1590 g/mol. The largest absolute Gasteiger partial charge is 0.497 e. The molecule has 114 heavy (non-hydrogen) atoms. The van der Waals surface area contributed by atoms with Gasteiger partial charge < -0.3 is 113 Å². The molecule has 33 nitrogen and oxygen atoms in total. The molecule has 2 aliphatic rings. The number of aliphatic hydroxyl groups excluding tert-OH is 1. The zero-order valence-electron chi connectivity index (χ0n) is 64.9. The number of esters is 4. The number of alkyl carbamates (subject to hydrolysis) is 2. The predicted octanol–water partition coefficient (Wildman–Crippen LogP) is 5.08. The Morgan fingerprint density at radius 1 is 0.412 bits per heavy atom. The minimum absolute atomic E-state index is 0.0240. The van der Waals surface area contributed by atoms with Gasteiger partial charge in [0.1, 0.15) is 65.1 Å². The Bertz CT molecular complexity index is 4030. The van der Waals surface area contributed by atoms with Crippen LogP contribution in [0, 0.1) is 0 Å². The fraction of sp³-hybridized carbons (Fsp3) is 0.432. The van der Waals surface area contributed by atoms with E-state index >= 15 is 0 Å². The maximum atomic E-state index is 13.0. The van der Waals surface area contributed by atoms with Gasteiger partial charge in [-0.25, -0.2) is 9.59 Å². The summed E-state index contributed by atoms with van der Waals surface area (Å²) >= 11 is 0. The Balaban J connectivity index is 0.809. The van der Waals surface area contributed by atoms with Crippen LogP contribution in [0.4, 0.5) is 9.59 Å². The number of ether oxygens (including phenoxy) is 16. The molecule has 0 saturated carbocycles. The zero-order chi connectivity index (χ0) is 82.3. The number of carbonyl (C=O) groups excluding carboxylic acids is 10. The van der Waals surface area contributed by atoms with Crippen molar-refractivity contribution in [2.75, 3.05) is 94.3 Å². The molecule has 0 radical (unpaired) electrons. The van der Waals surface area contributed by atoms with Gasteiger partial charge in [-0.2, -0.15) is 0 Å². The summed E-state index contributed by atoms with van der Waals surface area (Å²) in [6.45, 7) is 3.37. The first-order valence-corrected chi connectivity index (χ1v) is 36.6. The molecule has 33 heteroatoms. The summed E-state index contributed by atoms with van der Waals surface area (Å²) in [5.41, 5.74) is 1.23. The van der Waals surface area contributed by atoms with E-state index in [1.54, 1.807) is 77.0 Å². The molecule has 0 aromatic heterocycles. The molecule has 0 bridgehead atoms. The van der Waals surface area contributed by atoms with Crippen molar-refractivity contribution in [3.05, 3.63) is 191 Å². The third-order valence-corrected chi connectivity index (χ3v) is 18.0. The van der Waals surface area contributed by atoms with Gasteiger partial charge in [-0.15, -0.1) is 0 Å². The average molecular weight is 1590 g/mol. The van der Waals surface area contributed by atoms with Crippen molar-refractivity contribution in [2.45, 2.75) is 133 Å². The van der Waals surface area contributed by atoms with Crippen molar-refractivity contribution in [3.8, 4) is 23.0 Å². The maximum absolute atomic E-state index is 13.0. The maximum Gasteiger partial charge on any atom is 0.408 e. The van der Waals surface area contributed by atoms with E-state index in [1.165, 1.54) is 20.8 Å². The summed E-state index contributed by atoms with van der Waals surface area (Å²) in [5, 5.41) is 25.1. The lowest BCUT2D eigenvalue weighted by Gasteiger charge is -2.46. The number of amides is 6. The first-order valence-electron chi connectivity index (χ1n) is 36.6. The van der Waals surface area contributed by atoms with E-state index in [0.717, 1.165) is 20.8 Å². The molecule has 0 spiro atoms. The number of rotatable bonds is 40. The minimum atomic E-state index is -1.42. The third-order valence-electron chi connectivity index (χ3n) is 18.0. The van der Waals surface area contributed by atoms with E-state index in [1.807, 2.05) is 109 Å². The number of aliphatic hydroxyl groups is 1. The lowest BCUT2D eigenvalue weighted by atomic mass is 9.80. The number of methoxy groups -OCH3 is 4. The first-order chi connectivity index (χ1) is 54.8. The van der Waals surface area contributed by atoms with Crippen LogP contribution in [0.15, 0.2) is 158 Å². The van der Waals surface area contributed by atoms with Crippen molar-refractivity contribution >= 4 is 59.7 Å². The Labute approximate surface area is 659 Å². The van der Waals surface area contributed by atoms with Crippen LogP contribution in [-0.4, -0.2) is 226 Å². The fourth-order valence-corrected chi connectivity index (χ4v) is 13.0. The van der Waals surface area contributed by atoms with Crippen molar-refractivity contribution in [1.82, 2.24) is 31.9 Å². The lowest BCUT2D eigenvalue weighted by Crippen LogP contribution is -2.66. The van der Waals surface area contributed by atoms with Crippen molar-refractivity contribution in [3.63, 3.8) is 0 Å². The Hall–Kier alpha value is -11.5. The van der Waals surface area contributed by atoms with E-state index in [2.05, 4.69) is 31.9 Å². The third kappa shape index (κ3) is 24.5. The van der Waals surface area contributed by atoms with E-state index < -0.39 is 165 Å². The molecule has 2 heterocycles. The van der Waals surface area contributed by atoms with Crippen LogP contribution >= 0.6 is 0 Å². The van der Waals surface area contributed by atoms with Crippen LogP contribution in [0.3, 0.4) is 0 Å². The summed E-state index contributed by atoms with van der Waals surface area (Å²) < 4.78 is 95.4. The van der Waals surface area contributed by atoms with Crippen LogP contribution in [0.2, 0.25) is 0 Å². The van der Waals surface area contributed by atoms with E-state index in [-0.39, 0.29) is 52.4 Å². The minimum Gasteiger partial charge on any atom is -0.497 e. The van der Waals surface area contributed by atoms with Gasteiger partial charge in [0.25, 0.3) is 0 Å². The number of carbonyl (C=O) groups is 10. The summed E-state index contributed by atoms with van der Waals surface area (Å²) in [4.78, 5) is 129. The Kier molecular flexibility index (Phi) is 33.7. The first kappa shape index (κ1) is 88.1. The molecule has 2 aliphatic heterocycles. The summed E-state index contributed by atoms with van der Waals surface area (Å²) in [7, 11) is 6.18. The molecule has 2 fully saturated rings. The van der Waals surface area contributed by atoms with Gasteiger partial charge in [-0.3, -0.25) is 38.4 Å². The van der Waals surface area contributed by atoms with E-state index in [0.29, 0.717) is 56.4 Å². The van der Waals surface area contributed by atoms with Gasteiger partial charge in [0, 0.05) is 54.6 Å². The van der Waals surface area contributed by atoms with Crippen LogP contribution < -0.4 is 50.8 Å². The Morgan fingerprint density at radius 2 is 0.728 bits per heavy atom. The summed E-state index contributed by atoms with van der Waals surface area (Å²) in [6.07, 6.45) is -14.2. The van der Waals surface area contributed by atoms with E-state index in [4.69, 9.17) is 75.8 Å². The van der Waals surface area contributed by atoms with Crippen LogP contribution in [0.1, 0.15) is 87.8 Å². The number of hydrogen-bond donors (Lipinski definition) is 7. The second kappa shape index (κ2) is 43.5. The second-order valence-electron chi connectivity index (χ2n) is 26.1. The highest BCUT2D eigenvalue weighted by Crippen LogP contribution is 2.45. The quantitative estimate of drug-likeness (QED) is 0.0114. The average Bonchev–Trinajstić information content (AvgIpc) is 0.756. The Morgan fingerprint density at radius 3 is 1.04 bits per heavy atom. The molecule has 8 rings (SSSR count). The van der Waals surface area contributed by atoms with Gasteiger partial charge in [-0.05, 0) is 94.8 Å². The molecule has 11 atom stereocenters. The van der Waals surface area contributed by atoms with Crippen molar-refractivity contribution < 1.29 is 129 Å². The SMILES string of the molecule is COc1ccc(C(OC[C@H]2O[C@@H](OCCCNC(=O)CNC(=O)OCC(CO)OC(=O)NCC(=O)NCCCO[C@@H]3O[C@H](COC(c4ccccc4)(c4ccc(OC)cc4)c4ccc(OC)cc4)[C@H](OC(C)=O)[C@H](OC(C)=O)[C@H]3NC(C)=O)[C@H](NC(C)=O)[C@@H](OC(C)=O)[C@H]2OC(C)=O)(c2ccccc2)c2ccc(OC)cc2)cc1. The van der Waals surface area contributed by atoms with Crippen LogP contribution in [0.25, 0.3) is 0 Å². The molecule has 6 aromatic carbocycles. The van der Waals surface area contributed by atoms with E-state index in [9.17, 15) is 53.1 Å². The molecule has 1 unspecified atom stereocenters. The predicted molar refractivity (Wildman–Crippen MR) is 403 cm³/mol. The second-order valence-corrected chi connectivity index (χ2v) is 26.1. The van der Waals surface area contributed by atoms with Crippen LogP contribution in [0.5, 0.6) is 23.0 Å². The van der Waals surface area contributed by atoms with Gasteiger partial charge in [0.15, 0.2) is 43.1 Å². The molecule has 2 saturated heterocycles. The van der Waals surface area contributed by atoms with Crippen molar-refractivity contribution in [1.29, 1.82) is 0 Å². The number of hydrogen-bond acceptors (Lipinski definition) is 27. The van der Waals surface area contributed by atoms with Crippen LogP contribution in [-0.2, 0) is 106 Å². The molecule has 614 valence electrons. The van der Waals surface area contributed by atoms with Gasteiger partial charge in [0.2, 0.25) is 23.6 Å². The van der Waals surface area contributed by atoms with Gasteiger partial charge >= 0.3 is 36.1 Å². The standard InChI is InChI=1S/C81H98N6O27/c1-49(89)86-70-74(110-53(5)93)72(108-51(3)91)66(47-106-80(55-19-13-11-14-20-55,57-23-31-61(99-7)32-24-57)58-25-33-62(100-8)34-26-58)113-76(70)103-41-17-39-82-68(95)43-84-78(97)105-46-65(45-88)112-79(98)85-44-69(96)83-40-18-42-104-77-71(87-50(2)90)75(111-54(6)94)73(109-52(4)92)67(114-77)48-107-81(56-21-15-12-16-22-56,59-27-35-63(101-9)36-28-59)60-29-37-64(102-10)38-30-60/h11-16,19-38,65-67,70-77,88H,17-18,39-48H2,1-10H3,(H,82,95)(H,83,96)(H,84,97)(H,85,98)(H,86,89)(H,87,90)/t65?,66-,67-,70-,71-,72+,73+,74-,75-,76-,77-/m1/s1. The highest BCUT2D eigenvalue weighted by Gasteiger charge is 2.54. The molecular weight excluding hydrogens is 1490 g/mol. The molecule has 6 aromatic rings. The van der Waals surface area contributed by atoms with Crippen molar-refractivity contribution in [2.24, 2.45) is 0 Å². The normalized spacial score (nSPS) is 19.5. The molecule has 0 aliphatic carbocycles. The summed E-state index contributed by atoms with van der Waals surface area (Å²) in [6, 6.07) is 45.1. The molecule has 7 N–H and O–H groups in total. The van der Waals surface area contributed by atoms with Gasteiger partial charge in [-0.1, -0.05) is 109 Å². The fourth-order valence-electron chi connectivity index (χ4n) is 13.0. The molecule has 6 amide bonds. The highest BCUT2D eigenvalue weighted by atomic mass is 16.7. The number of benzene rings is 6.